The van der Waals surface area contributed by atoms with Crippen LogP contribution >= 0.6 is 11.6 Å². The zero-order valence-corrected chi connectivity index (χ0v) is 15.4. The average Bonchev–Trinajstić information content (AvgIpc) is 2.52. The normalized spacial score (nSPS) is 23.9. The SMILES string of the molecule is Cc1cccc(C(C)C)c1N1C(CCl)C(C)(C)CC1(C)C. The van der Waals surface area contributed by atoms with Gasteiger partial charge in [0.05, 0.1) is 0 Å². The molecule has 1 aliphatic heterocycles. The molecule has 1 atom stereocenters. The Morgan fingerprint density at radius 1 is 1.24 bits per heavy atom. The van der Waals surface area contributed by atoms with E-state index in [0.717, 1.165) is 0 Å². The number of anilines is 1. The molecule has 0 radical (unpaired) electrons. The van der Waals surface area contributed by atoms with Crippen LogP contribution in [0, 0.1) is 12.3 Å². The van der Waals surface area contributed by atoms with Gasteiger partial charge in [-0.15, -0.1) is 11.6 Å². The molecule has 0 bridgehead atoms. The van der Waals surface area contributed by atoms with Crippen molar-refractivity contribution in [1.82, 2.24) is 0 Å². The Morgan fingerprint density at radius 2 is 1.86 bits per heavy atom. The van der Waals surface area contributed by atoms with E-state index in [0.29, 0.717) is 17.8 Å². The summed E-state index contributed by atoms with van der Waals surface area (Å²) in [6.45, 7) is 16.2. The van der Waals surface area contributed by atoms with Gasteiger partial charge < -0.3 is 4.90 Å². The molecule has 0 aliphatic carbocycles. The molecule has 0 N–H and O–H groups in total. The monoisotopic (exact) mass is 307 g/mol. The molecule has 2 heteroatoms. The summed E-state index contributed by atoms with van der Waals surface area (Å²) in [7, 11) is 0. The lowest BCUT2D eigenvalue weighted by Gasteiger charge is -2.41. The van der Waals surface area contributed by atoms with Gasteiger partial charge in [0, 0.05) is 23.1 Å². The van der Waals surface area contributed by atoms with Crippen LogP contribution in [-0.4, -0.2) is 17.5 Å². The first-order valence-corrected chi connectivity index (χ1v) is 8.60. The fraction of sp³-hybridized carbons (Fsp3) is 0.684. The van der Waals surface area contributed by atoms with E-state index >= 15 is 0 Å². The summed E-state index contributed by atoms with van der Waals surface area (Å²) in [4.78, 5) is 2.62. The minimum Gasteiger partial charge on any atom is -0.361 e. The fourth-order valence-corrected chi connectivity index (χ4v) is 4.86. The van der Waals surface area contributed by atoms with Gasteiger partial charge in [0.15, 0.2) is 0 Å². The Morgan fingerprint density at radius 3 is 2.38 bits per heavy atom. The number of para-hydroxylation sites is 1. The van der Waals surface area contributed by atoms with Crippen LogP contribution in [0.15, 0.2) is 18.2 Å². The van der Waals surface area contributed by atoms with Gasteiger partial charge in [-0.25, -0.2) is 0 Å². The second-order valence-electron chi connectivity index (χ2n) is 8.19. The van der Waals surface area contributed by atoms with Crippen molar-refractivity contribution >= 4 is 17.3 Å². The van der Waals surface area contributed by atoms with Crippen LogP contribution in [0.4, 0.5) is 5.69 Å². The highest BCUT2D eigenvalue weighted by Gasteiger charge is 2.51. The van der Waals surface area contributed by atoms with Crippen molar-refractivity contribution in [3.8, 4) is 0 Å². The molecule has 1 saturated heterocycles. The minimum atomic E-state index is 0.138. The molecule has 0 saturated carbocycles. The summed E-state index contributed by atoms with van der Waals surface area (Å²) in [5.41, 5.74) is 4.59. The predicted molar refractivity (Wildman–Crippen MR) is 94.7 cm³/mol. The second-order valence-corrected chi connectivity index (χ2v) is 8.49. The van der Waals surface area contributed by atoms with Crippen LogP contribution < -0.4 is 4.90 Å². The lowest BCUT2D eigenvalue weighted by atomic mass is 9.82. The molecular formula is C19H30ClN. The third kappa shape index (κ3) is 2.82. The van der Waals surface area contributed by atoms with Crippen LogP contribution in [0.3, 0.4) is 0 Å². The van der Waals surface area contributed by atoms with Crippen molar-refractivity contribution < 1.29 is 0 Å². The number of nitrogens with zero attached hydrogens (tertiary/aromatic N) is 1. The fourth-order valence-electron chi connectivity index (χ4n) is 4.30. The van der Waals surface area contributed by atoms with Gasteiger partial charge in [-0.05, 0) is 49.7 Å². The van der Waals surface area contributed by atoms with Crippen molar-refractivity contribution in [2.45, 2.75) is 72.4 Å². The zero-order chi connectivity index (χ0) is 16.0. The number of rotatable bonds is 3. The third-order valence-electron chi connectivity index (χ3n) is 5.03. The summed E-state index contributed by atoms with van der Waals surface area (Å²) in [6.07, 6.45) is 1.17. The summed E-state index contributed by atoms with van der Waals surface area (Å²) < 4.78 is 0. The topological polar surface area (TPSA) is 3.24 Å². The first kappa shape index (κ1) is 16.7. The number of alkyl halides is 1. The van der Waals surface area contributed by atoms with Crippen LogP contribution in [0.5, 0.6) is 0 Å². The van der Waals surface area contributed by atoms with Crippen molar-refractivity contribution in [2.75, 3.05) is 10.8 Å². The molecule has 1 nitrogen and oxygen atoms in total. The van der Waals surface area contributed by atoms with Gasteiger partial charge in [-0.1, -0.05) is 45.9 Å². The van der Waals surface area contributed by atoms with Gasteiger partial charge in [0.25, 0.3) is 0 Å². The lowest BCUT2D eigenvalue weighted by Crippen LogP contribution is -2.46. The Kier molecular flexibility index (Phi) is 4.37. The Balaban J connectivity index is 2.64. The van der Waals surface area contributed by atoms with E-state index in [1.807, 2.05) is 0 Å². The van der Waals surface area contributed by atoms with Crippen LogP contribution in [0.25, 0.3) is 0 Å². The van der Waals surface area contributed by atoms with Gasteiger partial charge in [-0.3, -0.25) is 0 Å². The average molecular weight is 308 g/mol. The van der Waals surface area contributed by atoms with Crippen molar-refractivity contribution in [1.29, 1.82) is 0 Å². The van der Waals surface area contributed by atoms with E-state index in [1.165, 1.54) is 23.2 Å². The first-order chi connectivity index (χ1) is 9.62. The van der Waals surface area contributed by atoms with E-state index in [9.17, 15) is 0 Å². The molecule has 0 amide bonds. The molecule has 1 heterocycles. The van der Waals surface area contributed by atoms with Crippen molar-refractivity contribution in [2.24, 2.45) is 5.41 Å². The van der Waals surface area contributed by atoms with E-state index in [-0.39, 0.29) is 11.0 Å². The predicted octanol–water partition coefficient (Wildman–Crippen LogP) is 5.74. The minimum absolute atomic E-state index is 0.138. The Hall–Kier alpha value is -0.690. The molecule has 2 rings (SSSR count). The molecule has 21 heavy (non-hydrogen) atoms. The number of aryl methyl sites for hydroxylation is 1. The molecule has 0 aromatic heterocycles. The lowest BCUT2D eigenvalue weighted by molar-refractivity contribution is 0.331. The number of hydrogen-bond donors (Lipinski definition) is 0. The highest BCUT2D eigenvalue weighted by Crippen LogP contribution is 2.50. The quantitative estimate of drug-likeness (QED) is 0.643. The molecule has 1 aromatic rings. The molecule has 1 aliphatic rings. The maximum Gasteiger partial charge on any atom is 0.0482 e. The summed E-state index contributed by atoms with van der Waals surface area (Å²) in [5.74, 6) is 1.21. The highest BCUT2D eigenvalue weighted by molar-refractivity contribution is 6.18. The molecule has 0 spiro atoms. The maximum atomic E-state index is 6.41. The van der Waals surface area contributed by atoms with Crippen LogP contribution in [-0.2, 0) is 0 Å². The molecule has 118 valence electrons. The van der Waals surface area contributed by atoms with E-state index in [1.54, 1.807) is 0 Å². The van der Waals surface area contributed by atoms with Gasteiger partial charge >= 0.3 is 0 Å². The highest BCUT2D eigenvalue weighted by atomic mass is 35.5. The third-order valence-corrected chi connectivity index (χ3v) is 5.32. The van der Waals surface area contributed by atoms with Gasteiger partial charge in [0.1, 0.15) is 0 Å². The number of hydrogen-bond acceptors (Lipinski definition) is 1. The number of halogens is 1. The molecule has 1 aromatic carbocycles. The van der Waals surface area contributed by atoms with Crippen molar-refractivity contribution in [3.63, 3.8) is 0 Å². The van der Waals surface area contributed by atoms with Crippen LogP contribution in [0.2, 0.25) is 0 Å². The Bertz CT molecular complexity index is 516. The van der Waals surface area contributed by atoms with E-state index < -0.39 is 0 Å². The summed E-state index contributed by atoms with van der Waals surface area (Å²) >= 11 is 6.41. The molecule has 1 unspecified atom stereocenters. The largest absolute Gasteiger partial charge is 0.361 e. The first-order valence-electron chi connectivity index (χ1n) is 8.06. The maximum absolute atomic E-state index is 6.41. The van der Waals surface area contributed by atoms with Crippen LogP contribution in [0.1, 0.15) is 65.0 Å². The number of benzene rings is 1. The Labute approximate surface area is 135 Å². The standard InChI is InChI=1S/C19H30ClN/c1-13(2)15-10-8-9-14(3)17(15)21-16(11-20)18(4,5)12-19(21,6)7/h8-10,13,16H,11-12H2,1-7H3. The van der Waals surface area contributed by atoms with E-state index in [4.69, 9.17) is 11.6 Å². The van der Waals surface area contributed by atoms with E-state index in [2.05, 4.69) is 71.6 Å². The zero-order valence-electron chi connectivity index (χ0n) is 14.6. The molecular weight excluding hydrogens is 278 g/mol. The second kappa shape index (κ2) is 5.50. The van der Waals surface area contributed by atoms with Crippen molar-refractivity contribution in [3.05, 3.63) is 29.3 Å². The van der Waals surface area contributed by atoms with Gasteiger partial charge in [-0.2, -0.15) is 0 Å². The smallest absolute Gasteiger partial charge is 0.0482 e. The molecule has 1 fully saturated rings. The van der Waals surface area contributed by atoms with Gasteiger partial charge in [0.2, 0.25) is 0 Å². The summed E-state index contributed by atoms with van der Waals surface area (Å²) in [5, 5.41) is 0. The summed E-state index contributed by atoms with van der Waals surface area (Å²) in [6, 6.07) is 7.07.